The zero-order valence-corrected chi connectivity index (χ0v) is 12.2. The second kappa shape index (κ2) is 6.84. The molecule has 0 aromatic heterocycles. The third-order valence-corrected chi connectivity index (χ3v) is 3.64. The maximum absolute atomic E-state index is 11.1. The molecule has 0 fully saturated rings. The Balaban J connectivity index is 2.59. The quantitative estimate of drug-likeness (QED) is 0.411. The normalized spacial score (nSPS) is 21.6. The van der Waals surface area contributed by atoms with Gasteiger partial charge in [0, 0.05) is 0 Å². The molecule has 1 aliphatic carbocycles. The summed E-state index contributed by atoms with van der Waals surface area (Å²) in [4.78, 5) is 13.3. The van der Waals surface area contributed by atoms with E-state index in [0.29, 0.717) is 5.92 Å². The Bertz CT molecular complexity index is 372. The first-order chi connectivity index (χ1) is 7.63. The van der Waals surface area contributed by atoms with Crippen LogP contribution in [0.4, 0.5) is 0 Å². The van der Waals surface area contributed by atoms with Crippen molar-refractivity contribution in [1.82, 2.24) is 0 Å². The number of Topliss-reactive ketones (excluding diaryl/α,β-unsaturated/α-hetero) is 1. The second-order valence-corrected chi connectivity index (χ2v) is 5.84. The standard InChI is InChI=1S/C14H18IO/c1-11(12(2)16)10-14-6-4-13(5-7-14)8-9-15-3/h4-6,8-10,14H,7H2,1-3H3/q-1/b9-8-,11-10-. The van der Waals surface area contributed by atoms with Crippen molar-refractivity contribution in [3.63, 3.8) is 0 Å². The van der Waals surface area contributed by atoms with E-state index in [0.717, 1.165) is 12.0 Å². The molecule has 88 valence electrons. The monoisotopic (exact) mass is 329 g/mol. The first-order valence-corrected chi connectivity index (χ1v) is 8.76. The minimum atomic E-state index is 0.166. The molecule has 0 radical (unpaired) electrons. The predicted octanol–water partition coefficient (Wildman–Crippen LogP) is 0.257. The molecule has 1 rings (SSSR count). The summed E-state index contributed by atoms with van der Waals surface area (Å²) in [5.74, 6) is 0.552. The number of halogens is 1. The summed E-state index contributed by atoms with van der Waals surface area (Å²) in [7, 11) is 0. The fourth-order valence-electron chi connectivity index (χ4n) is 1.47. The van der Waals surface area contributed by atoms with Crippen molar-refractivity contribution in [2.24, 2.45) is 5.92 Å². The van der Waals surface area contributed by atoms with Gasteiger partial charge in [0.1, 0.15) is 0 Å². The average molecular weight is 329 g/mol. The Hall–Kier alpha value is -0.640. The van der Waals surface area contributed by atoms with Crippen molar-refractivity contribution in [1.29, 1.82) is 0 Å². The zero-order valence-electron chi connectivity index (χ0n) is 10.0. The molecule has 0 heterocycles. The van der Waals surface area contributed by atoms with Crippen LogP contribution in [0.2, 0.25) is 0 Å². The Morgan fingerprint density at radius 1 is 1.50 bits per heavy atom. The number of carbonyl (C=O) groups excluding carboxylic acids is 1. The van der Waals surface area contributed by atoms with Crippen LogP contribution in [0, 0.1) is 5.92 Å². The second-order valence-electron chi connectivity index (χ2n) is 3.88. The van der Waals surface area contributed by atoms with Crippen molar-refractivity contribution >= 4 is 5.78 Å². The topological polar surface area (TPSA) is 17.1 Å². The number of alkyl halides is 1. The minimum absolute atomic E-state index is 0.166. The van der Waals surface area contributed by atoms with E-state index in [1.165, 1.54) is 5.57 Å². The van der Waals surface area contributed by atoms with E-state index >= 15 is 0 Å². The van der Waals surface area contributed by atoms with E-state index in [4.69, 9.17) is 0 Å². The molecule has 0 N–H and O–H groups in total. The third-order valence-electron chi connectivity index (χ3n) is 2.56. The molecule has 0 bridgehead atoms. The summed E-state index contributed by atoms with van der Waals surface area (Å²) in [6.45, 7) is 3.50. The van der Waals surface area contributed by atoms with Crippen LogP contribution in [0.15, 0.2) is 45.6 Å². The van der Waals surface area contributed by atoms with Crippen LogP contribution in [-0.2, 0) is 4.79 Å². The van der Waals surface area contributed by atoms with Gasteiger partial charge in [-0.3, -0.25) is 0 Å². The van der Waals surface area contributed by atoms with E-state index in [9.17, 15) is 4.79 Å². The summed E-state index contributed by atoms with van der Waals surface area (Å²) >= 11 is 0.234. The van der Waals surface area contributed by atoms with Crippen molar-refractivity contribution in [3.05, 3.63) is 45.6 Å². The molecule has 1 nitrogen and oxygen atoms in total. The molecular formula is C14H18IO-. The van der Waals surface area contributed by atoms with Gasteiger partial charge in [0.25, 0.3) is 0 Å². The van der Waals surface area contributed by atoms with E-state index in [-0.39, 0.29) is 27.0 Å². The van der Waals surface area contributed by atoms with Crippen LogP contribution in [0.1, 0.15) is 20.3 Å². The maximum atomic E-state index is 11.1. The van der Waals surface area contributed by atoms with Gasteiger partial charge in [-0.25, -0.2) is 0 Å². The number of allylic oxidation sites excluding steroid dienone is 7. The van der Waals surface area contributed by atoms with E-state index in [1.807, 2.05) is 6.92 Å². The summed E-state index contributed by atoms with van der Waals surface area (Å²) < 4.78 is 2.27. The van der Waals surface area contributed by atoms with Crippen LogP contribution in [0.3, 0.4) is 0 Å². The van der Waals surface area contributed by atoms with Gasteiger partial charge in [-0.05, 0) is 0 Å². The van der Waals surface area contributed by atoms with Crippen LogP contribution in [0.25, 0.3) is 0 Å². The van der Waals surface area contributed by atoms with Crippen LogP contribution < -0.4 is 21.2 Å². The molecule has 0 aliphatic heterocycles. The first kappa shape index (κ1) is 13.4. The van der Waals surface area contributed by atoms with Crippen molar-refractivity contribution < 1.29 is 26.0 Å². The Morgan fingerprint density at radius 2 is 2.25 bits per heavy atom. The Morgan fingerprint density at radius 3 is 2.75 bits per heavy atom. The van der Waals surface area contributed by atoms with Crippen molar-refractivity contribution in [3.8, 4) is 0 Å². The third kappa shape index (κ3) is 4.47. The molecule has 0 amide bonds. The molecule has 0 saturated heterocycles. The molecule has 1 aliphatic rings. The van der Waals surface area contributed by atoms with Gasteiger partial charge in [-0.2, -0.15) is 0 Å². The number of rotatable bonds is 4. The summed E-state index contributed by atoms with van der Waals surface area (Å²) in [6, 6.07) is 0. The molecule has 1 unspecified atom stereocenters. The molecule has 0 saturated carbocycles. The van der Waals surface area contributed by atoms with Crippen molar-refractivity contribution in [2.45, 2.75) is 20.3 Å². The molecule has 0 aromatic carbocycles. The number of carbonyl (C=O) groups is 1. The van der Waals surface area contributed by atoms with Gasteiger partial charge in [-0.15, -0.1) is 0 Å². The summed E-state index contributed by atoms with van der Waals surface area (Å²) in [6.07, 6.45) is 11.8. The Kier molecular flexibility index (Phi) is 5.74. The van der Waals surface area contributed by atoms with E-state index < -0.39 is 0 Å². The predicted molar refractivity (Wildman–Crippen MR) is 64.8 cm³/mol. The first-order valence-electron chi connectivity index (χ1n) is 5.35. The molecule has 0 aromatic rings. The SMILES string of the molecule is C[I-]/C=C\C1=CCC(/C=C(/C)C(C)=O)C=C1. The summed E-state index contributed by atoms with van der Waals surface area (Å²) in [5.41, 5.74) is 2.16. The molecular weight excluding hydrogens is 311 g/mol. The van der Waals surface area contributed by atoms with Crippen LogP contribution in [0.5, 0.6) is 0 Å². The Labute approximate surface area is 108 Å². The van der Waals surface area contributed by atoms with Gasteiger partial charge in [0.05, 0.1) is 0 Å². The van der Waals surface area contributed by atoms with Gasteiger partial charge >= 0.3 is 109 Å². The number of hydrogen-bond donors (Lipinski definition) is 0. The van der Waals surface area contributed by atoms with Gasteiger partial charge in [0.15, 0.2) is 0 Å². The van der Waals surface area contributed by atoms with E-state index in [1.54, 1.807) is 6.92 Å². The van der Waals surface area contributed by atoms with Gasteiger partial charge in [-0.1, -0.05) is 0 Å². The van der Waals surface area contributed by atoms with Gasteiger partial charge in [0.2, 0.25) is 0 Å². The average Bonchev–Trinajstić information content (AvgIpc) is 2.28. The number of hydrogen-bond acceptors (Lipinski definition) is 1. The fourth-order valence-corrected chi connectivity index (χ4v) is 2.25. The molecule has 0 spiro atoms. The van der Waals surface area contributed by atoms with Gasteiger partial charge < -0.3 is 0 Å². The van der Waals surface area contributed by atoms with Crippen LogP contribution >= 0.6 is 0 Å². The molecule has 16 heavy (non-hydrogen) atoms. The zero-order chi connectivity index (χ0) is 12.0. The number of ketones is 1. The van der Waals surface area contributed by atoms with Crippen molar-refractivity contribution in [2.75, 3.05) is 4.93 Å². The summed E-state index contributed by atoms with van der Waals surface area (Å²) in [5, 5.41) is 0. The molecule has 2 heteroatoms. The molecule has 1 atom stereocenters. The van der Waals surface area contributed by atoms with E-state index in [2.05, 4.69) is 39.4 Å². The van der Waals surface area contributed by atoms with Crippen LogP contribution in [-0.4, -0.2) is 10.7 Å². The fraction of sp³-hybridized carbons (Fsp3) is 0.357.